The van der Waals surface area contributed by atoms with Crippen molar-refractivity contribution >= 4 is 169 Å². The first-order valence-corrected chi connectivity index (χ1v) is 39.7. The van der Waals surface area contributed by atoms with E-state index >= 15 is 0 Å². The zero-order chi connectivity index (χ0) is 69.8. The van der Waals surface area contributed by atoms with Gasteiger partial charge in [-0.3, -0.25) is 0 Å². The van der Waals surface area contributed by atoms with Crippen LogP contribution in [0.4, 0.5) is 0 Å². The highest BCUT2D eigenvalue weighted by molar-refractivity contribution is 7.28. The van der Waals surface area contributed by atoms with Crippen molar-refractivity contribution in [3.63, 3.8) is 0 Å². The number of benzene rings is 14. The number of thiophene rings is 4. The second-order valence-electron chi connectivity index (χ2n) is 26.0. The van der Waals surface area contributed by atoms with Gasteiger partial charge in [0, 0.05) is 125 Å². The van der Waals surface area contributed by atoms with E-state index in [2.05, 4.69) is 267 Å². The molecule has 106 heavy (non-hydrogen) atoms. The maximum absolute atomic E-state index is 5.25. The first-order valence-electron chi connectivity index (χ1n) is 34.8. The molecular formula is C92H52N8S6. The van der Waals surface area contributed by atoms with Gasteiger partial charge in [-0.05, 0) is 76.9 Å². The van der Waals surface area contributed by atoms with E-state index in [-0.39, 0.29) is 0 Å². The molecule has 8 nitrogen and oxygen atoms in total. The summed E-state index contributed by atoms with van der Waals surface area (Å²) in [5, 5.41) is 11.9. The highest BCUT2D eigenvalue weighted by atomic mass is 32.1. The summed E-state index contributed by atoms with van der Waals surface area (Å²) in [6.45, 7) is 0. The Labute approximate surface area is 630 Å². The van der Waals surface area contributed by atoms with E-state index in [9.17, 15) is 0 Å². The summed E-state index contributed by atoms with van der Waals surface area (Å²) in [5.74, 6) is 3.90. The summed E-state index contributed by atoms with van der Waals surface area (Å²) in [7, 11) is 0. The lowest BCUT2D eigenvalue weighted by Crippen LogP contribution is -2.00. The molecule has 14 heteroatoms. The van der Waals surface area contributed by atoms with E-state index in [1.54, 1.807) is 45.3 Å². The fourth-order valence-electron chi connectivity index (χ4n) is 14.6. The van der Waals surface area contributed by atoms with Gasteiger partial charge in [0.2, 0.25) is 0 Å². The number of aromatic nitrogens is 8. The molecule has 14 aromatic carbocycles. The minimum atomic E-state index is 0.644. The standard InChI is InChI=1S/2C46H26N4S3/c1-2-12-27(13-3-1)43-48-44(29-15-8-14-28(26-29)30-17-9-18-32-31-16-4-6-23-37(31)51-41(30)32)50-45(49-43)34-20-11-25-39-40(34)33-19-10-21-35(42(33)52-39)46-47-36-22-5-7-24-38(36)53-46;1-2-11-28(12-3-1)43-48-44(29-25-23-27(24-26-29)30-14-8-15-32-31-13-4-6-20-37(31)51-41(30)32)50-45(49-43)34-17-10-22-39-40(34)33-16-9-18-35(42(33)52-39)46-47-36-19-5-7-21-38(36)53-46/h2*1-26H. The van der Waals surface area contributed by atoms with Crippen molar-refractivity contribution in [3.8, 4) is 112 Å². The molecule has 8 heterocycles. The monoisotopic (exact) mass is 1460 g/mol. The molecule has 0 fully saturated rings. The third kappa shape index (κ3) is 10.9. The van der Waals surface area contributed by atoms with Crippen molar-refractivity contribution < 1.29 is 0 Å². The van der Waals surface area contributed by atoms with Crippen molar-refractivity contribution in [2.45, 2.75) is 0 Å². The molecule has 496 valence electrons. The van der Waals surface area contributed by atoms with Gasteiger partial charge < -0.3 is 0 Å². The van der Waals surface area contributed by atoms with Crippen LogP contribution in [-0.2, 0) is 0 Å². The Morgan fingerprint density at radius 2 is 0.481 bits per heavy atom. The van der Waals surface area contributed by atoms with Crippen molar-refractivity contribution in [2.75, 3.05) is 0 Å². The van der Waals surface area contributed by atoms with Crippen LogP contribution in [0.1, 0.15) is 0 Å². The lowest BCUT2D eigenvalue weighted by molar-refractivity contribution is 1.08. The summed E-state index contributed by atoms with van der Waals surface area (Å²) in [6, 6.07) is 111. The molecule has 0 aliphatic carbocycles. The molecule has 0 saturated carbocycles. The molecule has 0 atom stereocenters. The van der Waals surface area contributed by atoms with Gasteiger partial charge >= 0.3 is 0 Å². The lowest BCUT2D eigenvalue weighted by Gasteiger charge is -2.11. The Balaban J connectivity index is 0.000000136. The zero-order valence-corrected chi connectivity index (χ0v) is 60.9. The van der Waals surface area contributed by atoms with Gasteiger partial charge in [0.05, 0.1) is 20.4 Å². The van der Waals surface area contributed by atoms with Crippen LogP contribution >= 0.6 is 68.0 Å². The predicted octanol–water partition coefficient (Wildman–Crippen LogP) is 27.1. The maximum atomic E-state index is 5.25. The summed E-state index contributed by atoms with van der Waals surface area (Å²) in [6.07, 6.45) is 0. The molecule has 0 amide bonds. The molecule has 0 aliphatic heterocycles. The number of nitrogens with zero attached hydrogens (tertiary/aromatic N) is 8. The largest absolute Gasteiger partial charge is 0.236 e. The summed E-state index contributed by atoms with van der Waals surface area (Å²) < 4.78 is 12.4. The van der Waals surface area contributed by atoms with E-state index in [4.69, 9.17) is 39.9 Å². The van der Waals surface area contributed by atoms with Crippen LogP contribution in [0.3, 0.4) is 0 Å². The second kappa shape index (κ2) is 25.9. The third-order valence-corrected chi connectivity index (χ3v) is 26.6. The smallest absolute Gasteiger partial charge is 0.164 e. The number of rotatable bonds is 10. The number of hydrogen-bond acceptors (Lipinski definition) is 14. The van der Waals surface area contributed by atoms with E-state index < -0.39 is 0 Å². The van der Waals surface area contributed by atoms with Crippen LogP contribution in [0, 0.1) is 0 Å². The van der Waals surface area contributed by atoms with E-state index in [0.717, 1.165) is 81.9 Å². The van der Waals surface area contributed by atoms with Gasteiger partial charge in [-0.1, -0.05) is 261 Å². The Hall–Kier alpha value is -12.2. The second-order valence-corrected chi connectivity index (χ2v) is 32.2. The maximum Gasteiger partial charge on any atom is 0.164 e. The molecule has 0 saturated heterocycles. The number of thiazole rings is 2. The van der Waals surface area contributed by atoms with Crippen LogP contribution < -0.4 is 0 Å². The van der Waals surface area contributed by atoms with Crippen molar-refractivity contribution in [3.05, 3.63) is 315 Å². The Bertz CT molecular complexity index is 7170. The third-order valence-electron chi connectivity index (χ3n) is 19.6. The SMILES string of the molecule is c1ccc(-c2nc(-c3ccc(-c4cccc5c4sc4ccccc45)cc3)nc(-c3cccc4sc5c(-c6nc7ccccc7s6)cccc5c34)n2)cc1.c1ccc(-c2nc(-c3cccc(-c4cccc5c4sc4ccccc45)c3)nc(-c3cccc4sc5c(-c6nc7ccccc7s6)cccc5c34)n2)cc1. The van der Waals surface area contributed by atoms with Gasteiger partial charge in [0.1, 0.15) is 10.0 Å². The van der Waals surface area contributed by atoms with Crippen LogP contribution in [0.5, 0.6) is 0 Å². The van der Waals surface area contributed by atoms with Crippen molar-refractivity contribution in [1.82, 2.24) is 39.9 Å². The van der Waals surface area contributed by atoms with Crippen LogP contribution in [-0.4, -0.2) is 39.9 Å². The molecule has 0 radical (unpaired) electrons. The summed E-state index contributed by atoms with van der Waals surface area (Å²) >= 11 is 10.8. The number of fused-ring (bicyclic) bond motifs is 14. The van der Waals surface area contributed by atoms with Crippen molar-refractivity contribution in [1.29, 1.82) is 0 Å². The molecule has 22 rings (SSSR count). The van der Waals surface area contributed by atoms with Gasteiger partial charge in [-0.15, -0.1) is 68.0 Å². The fourth-order valence-corrected chi connectivity index (χ4v) is 21.7. The summed E-state index contributed by atoms with van der Waals surface area (Å²) in [5.41, 5.74) is 14.9. The predicted molar refractivity (Wildman–Crippen MR) is 452 cm³/mol. The van der Waals surface area contributed by atoms with Gasteiger partial charge in [0.25, 0.3) is 0 Å². The van der Waals surface area contributed by atoms with Crippen LogP contribution in [0.15, 0.2) is 315 Å². The first-order chi connectivity index (χ1) is 52.5. The highest BCUT2D eigenvalue weighted by Gasteiger charge is 2.24. The fraction of sp³-hybridized carbons (Fsp3) is 0. The molecule has 0 spiro atoms. The van der Waals surface area contributed by atoms with Crippen molar-refractivity contribution in [2.24, 2.45) is 0 Å². The van der Waals surface area contributed by atoms with Gasteiger partial charge in [-0.2, -0.15) is 0 Å². The Morgan fingerprint density at radius 3 is 0.972 bits per heavy atom. The van der Waals surface area contributed by atoms with E-state index in [1.807, 2.05) is 71.2 Å². The molecule has 0 bridgehead atoms. The molecule has 0 aliphatic rings. The van der Waals surface area contributed by atoms with Crippen LogP contribution in [0.25, 0.3) is 213 Å². The van der Waals surface area contributed by atoms with Crippen LogP contribution in [0.2, 0.25) is 0 Å². The number of hydrogen-bond donors (Lipinski definition) is 0. The lowest BCUT2D eigenvalue weighted by atomic mass is 10.0. The highest BCUT2D eigenvalue weighted by Crippen LogP contribution is 2.49. The zero-order valence-electron chi connectivity index (χ0n) is 56.0. The molecule has 0 N–H and O–H groups in total. The minimum Gasteiger partial charge on any atom is -0.236 e. The molecule has 8 aromatic heterocycles. The normalized spacial score (nSPS) is 11.8. The van der Waals surface area contributed by atoms with Gasteiger partial charge in [0.15, 0.2) is 34.9 Å². The topological polar surface area (TPSA) is 103 Å². The first kappa shape index (κ1) is 62.3. The molecular weight excluding hydrogens is 1410 g/mol. The Kier molecular flexibility index (Phi) is 15.2. The minimum absolute atomic E-state index is 0.644. The average Bonchev–Trinajstić information content (AvgIpc) is 1.53. The van der Waals surface area contributed by atoms with E-state index in [0.29, 0.717) is 34.9 Å². The molecule has 0 unspecified atom stereocenters. The molecule has 22 aromatic rings. The average molecular weight is 1460 g/mol. The quantitative estimate of drug-likeness (QED) is 0.133. The number of para-hydroxylation sites is 2. The van der Waals surface area contributed by atoms with Gasteiger partial charge in [-0.25, -0.2) is 39.9 Å². The Morgan fingerprint density at radius 1 is 0.170 bits per heavy atom. The summed E-state index contributed by atoms with van der Waals surface area (Å²) in [4.78, 5) is 41.0. The van der Waals surface area contributed by atoms with E-state index in [1.165, 1.54) is 96.0 Å².